The third-order valence-electron chi connectivity index (χ3n) is 2.17. The summed E-state index contributed by atoms with van der Waals surface area (Å²) in [6.07, 6.45) is 0. The lowest BCUT2D eigenvalue weighted by molar-refractivity contribution is 0.0786. The van der Waals surface area contributed by atoms with Crippen molar-refractivity contribution in [1.29, 1.82) is 0 Å². The molecule has 0 aliphatic rings. The summed E-state index contributed by atoms with van der Waals surface area (Å²) in [5.41, 5.74) is 1.47. The minimum atomic E-state index is -0.715. The van der Waals surface area contributed by atoms with E-state index in [1.807, 2.05) is 45.0 Å². The molecule has 0 saturated carbocycles. The van der Waals surface area contributed by atoms with Gasteiger partial charge in [-0.2, -0.15) is 0 Å². The summed E-state index contributed by atoms with van der Waals surface area (Å²) < 4.78 is 4.83. The fourth-order valence-electron chi connectivity index (χ4n) is 1.17. The van der Waals surface area contributed by atoms with Gasteiger partial charge in [-0.15, -0.1) is 0 Å². The second kappa shape index (κ2) is 7.42. The number of hydrogen-bond donors (Lipinski definition) is 1. The maximum Gasteiger partial charge on any atom is 0.0840 e. The molecule has 0 unspecified atom stereocenters. The Morgan fingerprint density at radius 2 is 1.50 bits per heavy atom. The van der Waals surface area contributed by atoms with E-state index in [2.05, 4.69) is 0 Å². The molecule has 0 bridgehead atoms. The highest BCUT2D eigenvalue weighted by Gasteiger charge is 2.14. The Morgan fingerprint density at radius 3 is 1.75 bits per heavy atom. The van der Waals surface area contributed by atoms with Crippen molar-refractivity contribution in [1.82, 2.24) is 0 Å². The van der Waals surface area contributed by atoms with Crippen molar-refractivity contribution in [2.24, 2.45) is 0 Å². The summed E-state index contributed by atoms with van der Waals surface area (Å²) in [5, 5.41) is 9.58. The maximum atomic E-state index is 9.58. The quantitative estimate of drug-likeness (QED) is 0.854. The molecule has 16 heavy (non-hydrogen) atoms. The van der Waals surface area contributed by atoms with Gasteiger partial charge in [0.1, 0.15) is 0 Å². The Bertz CT molecular complexity index is 268. The van der Waals surface area contributed by atoms with Crippen LogP contribution in [0.4, 0.5) is 0 Å². The van der Waals surface area contributed by atoms with Crippen molar-refractivity contribution in [3.63, 3.8) is 0 Å². The molecule has 0 aliphatic carbocycles. The van der Waals surface area contributed by atoms with Crippen molar-refractivity contribution >= 4 is 0 Å². The Kier molecular flexibility index (Phi) is 7.02. The highest BCUT2D eigenvalue weighted by Crippen LogP contribution is 2.19. The standard InChI is InChI=1S/C10H14O.C4H10O/c1-8-4-6-9(7-5-8)10(2,3)11;1-3-5-4-2/h4-7,11H,1-3H3;3-4H2,1-2H3. The lowest BCUT2D eigenvalue weighted by atomic mass is 9.98. The summed E-state index contributed by atoms with van der Waals surface area (Å²) in [7, 11) is 0. The van der Waals surface area contributed by atoms with Crippen LogP contribution in [0, 0.1) is 6.92 Å². The molecule has 0 atom stereocenters. The van der Waals surface area contributed by atoms with Crippen LogP contribution >= 0.6 is 0 Å². The average Bonchev–Trinajstić information content (AvgIpc) is 2.19. The van der Waals surface area contributed by atoms with E-state index in [-0.39, 0.29) is 0 Å². The molecule has 0 saturated heterocycles. The zero-order chi connectivity index (χ0) is 12.6. The molecule has 0 heterocycles. The van der Waals surface area contributed by atoms with Gasteiger partial charge in [-0.1, -0.05) is 29.8 Å². The normalized spacial score (nSPS) is 10.6. The minimum absolute atomic E-state index is 0.715. The highest BCUT2D eigenvalue weighted by atomic mass is 16.5. The molecular formula is C14H24O2. The Labute approximate surface area is 99.3 Å². The zero-order valence-corrected chi connectivity index (χ0v) is 11.1. The summed E-state index contributed by atoms with van der Waals surface area (Å²) in [6.45, 7) is 11.3. The molecule has 92 valence electrons. The lowest BCUT2D eigenvalue weighted by Gasteiger charge is -2.17. The Balaban J connectivity index is 0.000000385. The van der Waals surface area contributed by atoms with Gasteiger partial charge in [0.05, 0.1) is 5.60 Å². The Hall–Kier alpha value is -0.860. The molecule has 1 aromatic carbocycles. The third-order valence-corrected chi connectivity index (χ3v) is 2.17. The SMILES string of the molecule is CCOCC.Cc1ccc(C(C)(C)O)cc1. The molecule has 0 aliphatic heterocycles. The van der Waals surface area contributed by atoms with Crippen LogP contribution in [0.1, 0.15) is 38.8 Å². The monoisotopic (exact) mass is 224 g/mol. The summed E-state index contributed by atoms with van der Waals surface area (Å²) in [5.74, 6) is 0. The third kappa shape index (κ3) is 6.59. The number of benzene rings is 1. The molecule has 2 nitrogen and oxygen atoms in total. The molecule has 1 aromatic rings. The molecule has 2 heteroatoms. The smallest absolute Gasteiger partial charge is 0.0840 e. The zero-order valence-electron chi connectivity index (χ0n) is 11.1. The summed E-state index contributed by atoms with van der Waals surface area (Å²) >= 11 is 0. The van der Waals surface area contributed by atoms with Gasteiger partial charge in [0.15, 0.2) is 0 Å². The maximum absolute atomic E-state index is 9.58. The molecular weight excluding hydrogens is 200 g/mol. The second-order valence-corrected chi connectivity index (χ2v) is 4.21. The van der Waals surface area contributed by atoms with Crippen molar-refractivity contribution < 1.29 is 9.84 Å². The fraction of sp³-hybridized carbons (Fsp3) is 0.571. The Morgan fingerprint density at radius 1 is 1.06 bits per heavy atom. The van der Waals surface area contributed by atoms with Gasteiger partial charge in [0.2, 0.25) is 0 Å². The van der Waals surface area contributed by atoms with E-state index in [0.29, 0.717) is 0 Å². The van der Waals surface area contributed by atoms with Crippen LogP contribution in [-0.2, 0) is 10.3 Å². The van der Waals surface area contributed by atoms with E-state index >= 15 is 0 Å². The predicted molar refractivity (Wildman–Crippen MR) is 68.6 cm³/mol. The molecule has 1 N–H and O–H groups in total. The van der Waals surface area contributed by atoms with Crippen LogP contribution in [0.3, 0.4) is 0 Å². The van der Waals surface area contributed by atoms with Gasteiger partial charge in [-0.05, 0) is 40.2 Å². The lowest BCUT2D eigenvalue weighted by Crippen LogP contribution is -2.14. The van der Waals surface area contributed by atoms with Gasteiger partial charge in [0.25, 0.3) is 0 Å². The van der Waals surface area contributed by atoms with Crippen molar-refractivity contribution in [3.05, 3.63) is 35.4 Å². The van der Waals surface area contributed by atoms with Crippen molar-refractivity contribution in [2.45, 2.75) is 40.2 Å². The second-order valence-electron chi connectivity index (χ2n) is 4.21. The number of aliphatic hydroxyl groups is 1. The topological polar surface area (TPSA) is 29.5 Å². The predicted octanol–water partition coefficient (Wildman–Crippen LogP) is 3.27. The molecule has 0 radical (unpaired) electrons. The minimum Gasteiger partial charge on any atom is -0.386 e. The van der Waals surface area contributed by atoms with E-state index in [1.54, 1.807) is 13.8 Å². The fourth-order valence-corrected chi connectivity index (χ4v) is 1.17. The first-order chi connectivity index (χ1) is 7.41. The molecule has 0 aromatic heterocycles. The van der Waals surface area contributed by atoms with Crippen molar-refractivity contribution in [3.8, 4) is 0 Å². The van der Waals surface area contributed by atoms with Crippen LogP contribution in [0.15, 0.2) is 24.3 Å². The average molecular weight is 224 g/mol. The van der Waals surface area contributed by atoms with Gasteiger partial charge < -0.3 is 9.84 Å². The van der Waals surface area contributed by atoms with Crippen LogP contribution in [0.25, 0.3) is 0 Å². The van der Waals surface area contributed by atoms with Gasteiger partial charge in [-0.3, -0.25) is 0 Å². The van der Waals surface area contributed by atoms with Crippen LogP contribution < -0.4 is 0 Å². The van der Waals surface area contributed by atoms with E-state index < -0.39 is 5.60 Å². The summed E-state index contributed by atoms with van der Waals surface area (Å²) in [6, 6.07) is 7.92. The number of ether oxygens (including phenoxy) is 1. The van der Waals surface area contributed by atoms with Gasteiger partial charge in [0, 0.05) is 13.2 Å². The first-order valence-corrected chi connectivity index (χ1v) is 5.79. The van der Waals surface area contributed by atoms with Crippen LogP contribution in [-0.4, -0.2) is 18.3 Å². The molecule has 0 fully saturated rings. The molecule has 1 rings (SSSR count). The molecule has 0 spiro atoms. The molecule has 0 amide bonds. The highest BCUT2D eigenvalue weighted by molar-refractivity contribution is 5.25. The van der Waals surface area contributed by atoms with Crippen molar-refractivity contribution in [2.75, 3.05) is 13.2 Å². The number of aryl methyl sites for hydroxylation is 1. The summed E-state index contributed by atoms with van der Waals surface area (Å²) in [4.78, 5) is 0. The first kappa shape index (κ1) is 15.1. The number of rotatable bonds is 3. The van der Waals surface area contributed by atoms with E-state index in [4.69, 9.17) is 4.74 Å². The van der Waals surface area contributed by atoms with E-state index in [9.17, 15) is 5.11 Å². The number of hydrogen-bond acceptors (Lipinski definition) is 2. The van der Waals surface area contributed by atoms with Crippen LogP contribution in [0.2, 0.25) is 0 Å². The van der Waals surface area contributed by atoms with E-state index in [0.717, 1.165) is 18.8 Å². The van der Waals surface area contributed by atoms with Gasteiger partial charge in [-0.25, -0.2) is 0 Å². The van der Waals surface area contributed by atoms with Gasteiger partial charge >= 0.3 is 0 Å². The van der Waals surface area contributed by atoms with Crippen LogP contribution in [0.5, 0.6) is 0 Å². The van der Waals surface area contributed by atoms with E-state index in [1.165, 1.54) is 5.56 Å². The largest absolute Gasteiger partial charge is 0.386 e. The first-order valence-electron chi connectivity index (χ1n) is 5.79.